The molecule has 0 radical (unpaired) electrons. The fourth-order valence-corrected chi connectivity index (χ4v) is 6.03. The van der Waals surface area contributed by atoms with Crippen molar-refractivity contribution in [2.45, 2.75) is 79.8 Å². The average Bonchev–Trinajstić information content (AvgIpc) is 2.70. The smallest absolute Gasteiger partial charge is 0.319 e. The van der Waals surface area contributed by atoms with Crippen LogP contribution in [0.25, 0.3) is 0 Å². The Labute approximate surface area is 207 Å². The second kappa shape index (κ2) is 10.3. The van der Waals surface area contributed by atoms with Crippen LogP contribution < -0.4 is 0 Å². The van der Waals surface area contributed by atoms with Crippen molar-refractivity contribution in [3.05, 3.63) is 46.9 Å². The van der Waals surface area contributed by atoms with Gasteiger partial charge in [-0.1, -0.05) is 24.3 Å². The maximum absolute atomic E-state index is 13.6. The Balaban J connectivity index is 3.03. The van der Waals surface area contributed by atoms with E-state index in [1.165, 1.54) is 0 Å². The monoisotopic (exact) mass is 506 g/mol. The van der Waals surface area contributed by atoms with Crippen LogP contribution in [0.3, 0.4) is 0 Å². The third kappa shape index (κ3) is 6.33. The Morgan fingerprint density at radius 2 is 1.06 bits per heavy atom. The molecule has 0 saturated carbocycles. The zero-order valence-corrected chi connectivity index (χ0v) is 24.6. The topological polar surface area (TPSA) is 71.1 Å². The van der Waals surface area contributed by atoms with Gasteiger partial charge in [0.25, 0.3) is 0 Å². The minimum absolute atomic E-state index is 0.246. The summed E-state index contributed by atoms with van der Waals surface area (Å²) in [6.07, 6.45) is 0.776. The summed E-state index contributed by atoms with van der Waals surface area (Å²) in [7, 11) is -4.50. The highest BCUT2D eigenvalue weighted by atomic mass is 28.4. The molecule has 0 aliphatic heterocycles. The summed E-state index contributed by atoms with van der Waals surface area (Å²) in [5.74, 6) is 0.0564. The SMILES string of the molecule is CCOC(=O)C1(C)Cc2ccccc2CC(C)(C(=O)OCC)/C(O[Si](C)(C)C)=C\1O[Si](C)(C)C. The summed E-state index contributed by atoms with van der Waals surface area (Å²) in [6.45, 7) is 20.1. The van der Waals surface area contributed by atoms with Gasteiger partial charge in [0.05, 0.1) is 13.2 Å². The lowest BCUT2D eigenvalue weighted by Crippen LogP contribution is -2.47. The summed E-state index contributed by atoms with van der Waals surface area (Å²) >= 11 is 0. The first-order chi connectivity index (χ1) is 15.6. The van der Waals surface area contributed by atoms with E-state index in [1.54, 1.807) is 13.8 Å². The molecule has 1 aromatic rings. The summed E-state index contributed by atoms with van der Waals surface area (Å²) in [5, 5.41) is 0. The first kappa shape index (κ1) is 28.2. The molecule has 0 saturated heterocycles. The molecule has 1 aliphatic rings. The third-order valence-corrected chi connectivity index (χ3v) is 7.32. The third-order valence-electron chi connectivity index (χ3n) is 5.68. The van der Waals surface area contributed by atoms with Gasteiger partial charge in [-0.15, -0.1) is 0 Å². The fourth-order valence-electron chi connectivity index (χ4n) is 4.17. The first-order valence-electron chi connectivity index (χ1n) is 12.1. The average molecular weight is 507 g/mol. The molecule has 0 N–H and O–H groups in total. The molecule has 0 spiro atoms. The number of carbonyl (C=O) groups is 2. The summed E-state index contributed by atoms with van der Waals surface area (Å²) in [4.78, 5) is 27.3. The highest BCUT2D eigenvalue weighted by Crippen LogP contribution is 2.48. The second-order valence-corrected chi connectivity index (χ2v) is 20.2. The van der Waals surface area contributed by atoms with Crippen molar-refractivity contribution in [3.63, 3.8) is 0 Å². The summed E-state index contributed by atoms with van der Waals surface area (Å²) in [6, 6.07) is 7.93. The maximum Gasteiger partial charge on any atom is 0.319 e. The van der Waals surface area contributed by atoms with Gasteiger partial charge in [-0.3, -0.25) is 9.59 Å². The van der Waals surface area contributed by atoms with Crippen LogP contribution in [0.5, 0.6) is 0 Å². The molecule has 0 amide bonds. The normalized spacial score (nSPS) is 25.5. The molecule has 1 aliphatic carbocycles. The van der Waals surface area contributed by atoms with Gasteiger partial charge < -0.3 is 18.3 Å². The minimum atomic E-state index is -2.25. The lowest BCUT2D eigenvalue weighted by atomic mass is 9.70. The Kier molecular flexibility index (Phi) is 8.52. The lowest BCUT2D eigenvalue weighted by Gasteiger charge is -2.43. The molecule has 0 bridgehead atoms. The van der Waals surface area contributed by atoms with Crippen molar-refractivity contribution in [1.29, 1.82) is 0 Å². The largest absolute Gasteiger partial charge is 0.544 e. The van der Waals surface area contributed by atoms with E-state index in [2.05, 4.69) is 39.3 Å². The van der Waals surface area contributed by atoms with E-state index in [1.807, 2.05) is 38.1 Å². The van der Waals surface area contributed by atoms with Crippen molar-refractivity contribution in [2.24, 2.45) is 10.8 Å². The molecule has 0 heterocycles. The predicted octanol–water partition coefficient (Wildman–Crippen LogP) is 5.84. The number of benzene rings is 1. The van der Waals surface area contributed by atoms with Gasteiger partial charge >= 0.3 is 11.9 Å². The van der Waals surface area contributed by atoms with Gasteiger partial charge in [0.1, 0.15) is 22.3 Å². The molecule has 8 heteroatoms. The van der Waals surface area contributed by atoms with Crippen molar-refractivity contribution in [3.8, 4) is 0 Å². The molecule has 1 aromatic carbocycles. The van der Waals surface area contributed by atoms with Gasteiger partial charge in [-0.2, -0.15) is 0 Å². The van der Waals surface area contributed by atoms with Crippen molar-refractivity contribution >= 4 is 28.6 Å². The highest BCUT2D eigenvalue weighted by molar-refractivity contribution is 6.70. The Bertz CT molecular complexity index is 868. The van der Waals surface area contributed by atoms with E-state index >= 15 is 0 Å². The van der Waals surface area contributed by atoms with Crippen LogP contribution in [0, 0.1) is 10.8 Å². The van der Waals surface area contributed by atoms with E-state index in [4.69, 9.17) is 18.3 Å². The van der Waals surface area contributed by atoms with E-state index < -0.39 is 27.5 Å². The quantitative estimate of drug-likeness (QED) is 0.326. The molecule has 0 fully saturated rings. The van der Waals surface area contributed by atoms with Gasteiger partial charge in [0, 0.05) is 0 Å². The number of ether oxygens (including phenoxy) is 2. The molecule has 34 heavy (non-hydrogen) atoms. The minimum Gasteiger partial charge on any atom is -0.544 e. The van der Waals surface area contributed by atoms with Crippen molar-refractivity contribution in [2.75, 3.05) is 13.2 Å². The number of hydrogen-bond acceptors (Lipinski definition) is 6. The molecule has 190 valence electrons. The molecular formula is C26H42O6Si2. The Morgan fingerprint density at radius 1 is 0.735 bits per heavy atom. The van der Waals surface area contributed by atoms with Gasteiger partial charge in [0.2, 0.25) is 16.6 Å². The number of carbonyl (C=O) groups excluding carboxylic acids is 2. The van der Waals surface area contributed by atoms with Gasteiger partial charge in [-0.05, 0) is 90.9 Å². The van der Waals surface area contributed by atoms with Crippen molar-refractivity contribution < 1.29 is 27.9 Å². The predicted molar refractivity (Wildman–Crippen MR) is 139 cm³/mol. The van der Waals surface area contributed by atoms with Crippen LogP contribution in [0.2, 0.25) is 39.3 Å². The zero-order valence-electron chi connectivity index (χ0n) is 22.6. The number of rotatable bonds is 8. The molecule has 0 aromatic heterocycles. The molecule has 6 nitrogen and oxygen atoms in total. The molecular weight excluding hydrogens is 464 g/mol. The van der Waals surface area contributed by atoms with E-state index in [0.717, 1.165) is 11.1 Å². The van der Waals surface area contributed by atoms with E-state index in [-0.39, 0.29) is 25.2 Å². The summed E-state index contributed by atoms with van der Waals surface area (Å²) in [5.41, 5.74) is -0.375. The Hall–Kier alpha value is -2.07. The molecule has 2 atom stereocenters. The highest BCUT2D eigenvalue weighted by Gasteiger charge is 2.53. The number of fused-ring (bicyclic) bond motifs is 1. The van der Waals surface area contributed by atoms with E-state index in [0.29, 0.717) is 24.4 Å². The van der Waals surface area contributed by atoms with Crippen LogP contribution in [-0.2, 0) is 40.8 Å². The van der Waals surface area contributed by atoms with Crippen LogP contribution in [-0.4, -0.2) is 41.8 Å². The Morgan fingerprint density at radius 3 is 1.32 bits per heavy atom. The van der Waals surface area contributed by atoms with Crippen LogP contribution in [0.1, 0.15) is 38.8 Å². The number of hydrogen-bond donors (Lipinski definition) is 0. The first-order valence-corrected chi connectivity index (χ1v) is 18.9. The maximum atomic E-state index is 13.6. The van der Waals surface area contributed by atoms with Gasteiger partial charge in [0.15, 0.2) is 0 Å². The summed E-state index contributed by atoms with van der Waals surface area (Å²) < 4.78 is 24.6. The standard InChI is InChI=1S/C26H42O6Si2/c1-11-29-23(27)25(3)17-19-15-13-14-16-20(19)18-26(4,24(28)30-12-2)22(32-34(8,9)10)21(25)31-33(5,6)7/h13-16H,11-12,17-18H2,1-10H3/b22-21-. The van der Waals surface area contributed by atoms with Crippen LogP contribution in [0.15, 0.2) is 35.8 Å². The van der Waals surface area contributed by atoms with E-state index in [9.17, 15) is 9.59 Å². The van der Waals surface area contributed by atoms with Crippen LogP contribution in [0.4, 0.5) is 0 Å². The molecule has 2 rings (SSSR count). The second-order valence-electron chi connectivity index (χ2n) is 11.3. The number of esters is 2. The molecule has 2 unspecified atom stereocenters. The fraction of sp³-hybridized carbons (Fsp3) is 0.615. The van der Waals surface area contributed by atoms with Crippen molar-refractivity contribution in [1.82, 2.24) is 0 Å². The van der Waals surface area contributed by atoms with Crippen LogP contribution >= 0.6 is 0 Å². The van der Waals surface area contributed by atoms with Gasteiger partial charge in [-0.25, -0.2) is 0 Å². The zero-order chi connectivity index (χ0) is 25.9. The lowest BCUT2D eigenvalue weighted by molar-refractivity contribution is -0.157.